The van der Waals surface area contributed by atoms with Crippen molar-refractivity contribution in [2.24, 2.45) is 0 Å². The Labute approximate surface area is 258 Å². The molecule has 0 bridgehead atoms. The van der Waals surface area contributed by atoms with Gasteiger partial charge in [0.05, 0.1) is 11.2 Å². The van der Waals surface area contributed by atoms with Gasteiger partial charge in [0, 0.05) is 49.2 Å². The number of hydrogen-bond donors (Lipinski definition) is 0. The van der Waals surface area contributed by atoms with Gasteiger partial charge in [0.15, 0.2) is 17.5 Å². The maximum absolute atomic E-state index is 6.26. The van der Waals surface area contributed by atoms with Gasteiger partial charge in [-0.25, -0.2) is 19.9 Å². The van der Waals surface area contributed by atoms with Crippen LogP contribution >= 0.6 is 0 Å². The van der Waals surface area contributed by atoms with Crippen LogP contribution in [0.25, 0.3) is 89.0 Å². The predicted molar refractivity (Wildman–Crippen MR) is 182 cm³/mol. The van der Waals surface area contributed by atoms with Gasteiger partial charge in [-0.3, -0.25) is 0 Å². The van der Waals surface area contributed by atoms with Crippen molar-refractivity contribution in [3.63, 3.8) is 0 Å². The molecule has 0 amide bonds. The number of furan rings is 1. The number of benzene rings is 6. The molecule has 0 spiro atoms. The summed E-state index contributed by atoms with van der Waals surface area (Å²) in [6.45, 7) is 0. The van der Waals surface area contributed by atoms with Crippen molar-refractivity contribution in [1.29, 1.82) is 0 Å². The van der Waals surface area contributed by atoms with Crippen molar-refractivity contribution < 1.29 is 4.42 Å². The van der Waals surface area contributed by atoms with Crippen LogP contribution in [-0.2, 0) is 0 Å². The third kappa shape index (κ3) is 4.25. The van der Waals surface area contributed by atoms with Crippen molar-refractivity contribution in [2.45, 2.75) is 0 Å². The molecule has 6 aromatic carbocycles. The second-order valence-electron chi connectivity index (χ2n) is 11.1. The van der Waals surface area contributed by atoms with Gasteiger partial charge in [-0.2, -0.15) is 0 Å². The molecule has 210 valence electrons. The van der Waals surface area contributed by atoms with Crippen molar-refractivity contribution in [1.82, 2.24) is 19.9 Å². The molecular formula is C40H24N4O. The molecule has 45 heavy (non-hydrogen) atoms. The summed E-state index contributed by atoms with van der Waals surface area (Å²) in [5.74, 6) is 1.90. The molecule has 3 heterocycles. The lowest BCUT2D eigenvalue weighted by Crippen LogP contribution is -2.00. The van der Waals surface area contributed by atoms with Gasteiger partial charge in [0.1, 0.15) is 11.2 Å². The molecule has 0 N–H and O–H groups in total. The molecule has 0 atom stereocenters. The van der Waals surface area contributed by atoms with Crippen LogP contribution in [0.4, 0.5) is 0 Å². The summed E-state index contributed by atoms with van der Waals surface area (Å²) < 4.78 is 6.26. The maximum atomic E-state index is 6.26. The molecule has 0 saturated carbocycles. The molecule has 3 aromatic heterocycles. The molecule has 9 aromatic rings. The van der Waals surface area contributed by atoms with Crippen LogP contribution in [0, 0.1) is 0 Å². The van der Waals surface area contributed by atoms with E-state index in [0.29, 0.717) is 17.5 Å². The molecule has 0 unspecified atom stereocenters. The summed E-state index contributed by atoms with van der Waals surface area (Å²) in [4.78, 5) is 19.8. The van der Waals surface area contributed by atoms with Gasteiger partial charge < -0.3 is 4.42 Å². The van der Waals surface area contributed by atoms with Gasteiger partial charge >= 0.3 is 0 Å². The number of pyridine rings is 1. The van der Waals surface area contributed by atoms with Crippen LogP contribution < -0.4 is 0 Å². The lowest BCUT2D eigenvalue weighted by molar-refractivity contribution is 0.669. The molecule has 5 heteroatoms. The van der Waals surface area contributed by atoms with E-state index >= 15 is 0 Å². The van der Waals surface area contributed by atoms with Crippen LogP contribution in [0.15, 0.2) is 150 Å². The van der Waals surface area contributed by atoms with E-state index in [1.165, 1.54) is 0 Å². The molecule has 0 fully saturated rings. The number of rotatable bonds is 4. The number of hydrogen-bond acceptors (Lipinski definition) is 5. The SMILES string of the molecule is c1ccc(-c2nc(-c3ccccc3)nc(-c3ccc(-c4nc5ccccc5c5c4ccc4oc6ccccc6c45)cc3)n2)cc1. The van der Waals surface area contributed by atoms with Crippen LogP contribution in [0.5, 0.6) is 0 Å². The van der Waals surface area contributed by atoms with E-state index in [-0.39, 0.29) is 0 Å². The molecule has 0 aliphatic carbocycles. The number of aromatic nitrogens is 4. The first kappa shape index (κ1) is 25.3. The highest BCUT2D eigenvalue weighted by atomic mass is 16.3. The Morgan fingerprint density at radius 2 is 0.867 bits per heavy atom. The zero-order valence-corrected chi connectivity index (χ0v) is 24.1. The molecule has 0 saturated heterocycles. The average molecular weight is 577 g/mol. The fraction of sp³-hybridized carbons (Fsp3) is 0. The molecule has 0 aliphatic rings. The molecular weight excluding hydrogens is 552 g/mol. The maximum Gasteiger partial charge on any atom is 0.164 e. The normalized spacial score (nSPS) is 11.6. The Hall–Kier alpha value is -6.20. The number of fused-ring (bicyclic) bond motifs is 7. The van der Waals surface area contributed by atoms with E-state index in [1.54, 1.807) is 0 Å². The van der Waals surface area contributed by atoms with E-state index in [9.17, 15) is 0 Å². The van der Waals surface area contributed by atoms with Crippen LogP contribution in [0.3, 0.4) is 0 Å². The highest BCUT2D eigenvalue weighted by molar-refractivity contribution is 6.28. The fourth-order valence-electron chi connectivity index (χ4n) is 6.19. The largest absolute Gasteiger partial charge is 0.456 e. The van der Waals surface area contributed by atoms with E-state index in [0.717, 1.165) is 71.6 Å². The van der Waals surface area contributed by atoms with Crippen LogP contribution in [0.2, 0.25) is 0 Å². The minimum atomic E-state index is 0.622. The third-order valence-corrected chi connectivity index (χ3v) is 8.32. The Balaban J connectivity index is 1.22. The lowest BCUT2D eigenvalue weighted by Gasteiger charge is -2.12. The predicted octanol–water partition coefficient (Wildman–Crippen LogP) is 10.1. The van der Waals surface area contributed by atoms with E-state index in [2.05, 4.69) is 66.7 Å². The van der Waals surface area contributed by atoms with E-state index < -0.39 is 0 Å². The molecule has 0 aliphatic heterocycles. The van der Waals surface area contributed by atoms with Crippen LogP contribution in [-0.4, -0.2) is 19.9 Å². The number of para-hydroxylation sites is 2. The zero-order valence-electron chi connectivity index (χ0n) is 24.1. The third-order valence-electron chi connectivity index (χ3n) is 8.32. The quantitative estimate of drug-likeness (QED) is 0.195. The first-order chi connectivity index (χ1) is 22.3. The average Bonchev–Trinajstić information content (AvgIpc) is 3.51. The Morgan fingerprint density at radius 3 is 1.53 bits per heavy atom. The summed E-state index contributed by atoms with van der Waals surface area (Å²) in [7, 11) is 0. The zero-order chi connectivity index (χ0) is 29.7. The smallest absolute Gasteiger partial charge is 0.164 e. The Morgan fingerprint density at radius 1 is 0.333 bits per heavy atom. The highest BCUT2D eigenvalue weighted by Gasteiger charge is 2.18. The Kier molecular flexibility index (Phi) is 5.74. The first-order valence-electron chi connectivity index (χ1n) is 14.9. The second-order valence-corrected chi connectivity index (χ2v) is 11.1. The second kappa shape index (κ2) is 10.2. The first-order valence-corrected chi connectivity index (χ1v) is 14.9. The molecule has 9 rings (SSSR count). The topological polar surface area (TPSA) is 64.7 Å². The Bertz CT molecular complexity index is 2460. The molecule has 5 nitrogen and oxygen atoms in total. The van der Waals surface area contributed by atoms with Crippen LogP contribution in [0.1, 0.15) is 0 Å². The minimum Gasteiger partial charge on any atom is -0.456 e. The van der Waals surface area contributed by atoms with E-state index in [1.807, 2.05) is 78.9 Å². The van der Waals surface area contributed by atoms with Gasteiger partial charge in [0.2, 0.25) is 0 Å². The highest BCUT2D eigenvalue weighted by Crippen LogP contribution is 2.41. The summed E-state index contributed by atoms with van der Waals surface area (Å²) in [6, 6.07) is 49.2. The van der Waals surface area contributed by atoms with Gasteiger partial charge in [0.25, 0.3) is 0 Å². The van der Waals surface area contributed by atoms with Crippen molar-refractivity contribution in [2.75, 3.05) is 0 Å². The lowest BCUT2D eigenvalue weighted by atomic mass is 9.96. The summed E-state index contributed by atoms with van der Waals surface area (Å²) in [6.07, 6.45) is 0. The van der Waals surface area contributed by atoms with Crippen molar-refractivity contribution in [3.05, 3.63) is 146 Å². The number of nitrogens with zero attached hydrogens (tertiary/aromatic N) is 4. The standard InChI is InChI=1S/C40H24N4O/c1-3-11-26(12-4-1)38-42-39(27-13-5-2-6-14-27)44-40(43-38)28-21-19-25(20-22-28)37-31-23-24-34-36(30-16-8-10-18-33(30)45-34)35(31)29-15-7-9-17-32(29)41-37/h1-24H. The van der Waals surface area contributed by atoms with Gasteiger partial charge in [-0.1, -0.05) is 121 Å². The monoisotopic (exact) mass is 576 g/mol. The van der Waals surface area contributed by atoms with Gasteiger partial charge in [-0.05, 0) is 24.3 Å². The van der Waals surface area contributed by atoms with E-state index in [4.69, 9.17) is 24.4 Å². The van der Waals surface area contributed by atoms with Crippen molar-refractivity contribution >= 4 is 43.6 Å². The minimum absolute atomic E-state index is 0.622. The fourth-order valence-corrected chi connectivity index (χ4v) is 6.19. The summed E-state index contributed by atoms with van der Waals surface area (Å²) >= 11 is 0. The van der Waals surface area contributed by atoms with Crippen molar-refractivity contribution in [3.8, 4) is 45.4 Å². The molecule has 0 radical (unpaired) electrons. The summed E-state index contributed by atoms with van der Waals surface area (Å²) in [5.41, 5.74) is 7.44. The van der Waals surface area contributed by atoms with Gasteiger partial charge in [-0.15, -0.1) is 0 Å². The summed E-state index contributed by atoms with van der Waals surface area (Å²) in [5, 5.41) is 5.57.